The first-order valence-electron chi connectivity index (χ1n) is 29.4. The van der Waals surface area contributed by atoms with Gasteiger partial charge in [-0.2, -0.15) is 0 Å². The summed E-state index contributed by atoms with van der Waals surface area (Å²) in [6, 6.07) is 118. The Morgan fingerprint density at radius 2 is 0.500 bits per heavy atom. The van der Waals surface area contributed by atoms with E-state index in [0.29, 0.717) is 0 Å². The highest BCUT2D eigenvalue weighted by Gasteiger charge is 2.24. The summed E-state index contributed by atoms with van der Waals surface area (Å²) in [6.45, 7) is 0. The fraction of sp³-hybridized carbons (Fsp3) is 0. The van der Waals surface area contributed by atoms with Crippen LogP contribution in [0.2, 0.25) is 0 Å². The summed E-state index contributed by atoms with van der Waals surface area (Å²) in [5, 5.41) is 4.70. The molecule has 2 aromatic heterocycles. The van der Waals surface area contributed by atoms with Gasteiger partial charge in [-0.25, -0.2) is 9.97 Å². The molecule has 4 heteroatoms. The summed E-state index contributed by atoms with van der Waals surface area (Å²) < 4.78 is 4.70. The predicted octanol–water partition coefficient (Wildman–Crippen LogP) is 21.7. The van der Waals surface area contributed by atoms with Crippen molar-refractivity contribution in [2.24, 2.45) is 0 Å². The topological polar surface area (TPSA) is 35.6 Å². The van der Waals surface area contributed by atoms with Gasteiger partial charge >= 0.3 is 0 Å². The molecule has 0 aliphatic rings. The summed E-state index contributed by atoms with van der Waals surface area (Å²) in [5.74, 6) is 1.78. The highest BCUT2D eigenvalue weighted by Crippen LogP contribution is 2.47. The molecule has 16 rings (SSSR count). The molecule has 14 aromatic carbocycles. The van der Waals surface area contributed by atoms with E-state index in [1.54, 1.807) is 0 Å². The minimum Gasteiger partial charge on any atom is -0.292 e. The van der Waals surface area contributed by atoms with E-state index in [4.69, 9.17) is 9.97 Å². The van der Waals surface area contributed by atoms with Crippen molar-refractivity contribution in [2.45, 2.75) is 0 Å². The summed E-state index contributed by atoms with van der Waals surface area (Å²) in [5.41, 5.74) is 24.3. The van der Waals surface area contributed by atoms with Crippen LogP contribution in [0.4, 0.5) is 0 Å². The average Bonchev–Trinajstić information content (AvgIpc) is 1.60. The van der Waals surface area contributed by atoms with Gasteiger partial charge in [0.15, 0.2) is 0 Å². The second-order valence-electron chi connectivity index (χ2n) is 22.0. The highest BCUT2D eigenvalue weighted by atomic mass is 15.1. The van der Waals surface area contributed by atoms with E-state index in [2.05, 4.69) is 337 Å². The van der Waals surface area contributed by atoms with Crippen molar-refractivity contribution in [1.29, 1.82) is 0 Å². The van der Waals surface area contributed by atoms with Crippen LogP contribution in [0.5, 0.6) is 0 Å². The molecule has 86 heavy (non-hydrogen) atoms. The molecule has 0 saturated heterocycles. The Balaban J connectivity index is 0.890. The fourth-order valence-electron chi connectivity index (χ4n) is 12.9. The van der Waals surface area contributed by atoms with Gasteiger partial charge in [0.25, 0.3) is 0 Å². The first-order chi connectivity index (χ1) is 42.7. The van der Waals surface area contributed by atoms with Crippen LogP contribution < -0.4 is 0 Å². The Bertz CT molecular complexity index is 5140. The molecule has 0 saturated carbocycles. The van der Waals surface area contributed by atoms with Gasteiger partial charge < -0.3 is 0 Å². The molecule has 0 radical (unpaired) electrons. The summed E-state index contributed by atoms with van der Waals surface area (Å²) >= 11 is 0. The standard InChI is InChI=1S/C82H54N4/c1-9-25-56(26-10-1)69-51-75-77(53-71(69)58-29-13-3-14-30-58)85(81(83-75)62-37-21-7-22-38-62)65-44-41-55(42-45-65)64-43-47-67-73(49-64)79(60-33-17-5-18-34-60)68-48-46-66(50-74(68)80(67)61-35-19-6-20-36-61)86-78-54-72(59-31-15-4-16-32-59)70(57-27-11-2-12-28-57)52-76(78)84-82(86)63-39-23-8-24-40-63/h1-54H. The molecule has 0 bridgehead atoms. The lowest BCUT2D eigenvalue weighted by atomic mass is 9.84. The third-order valence-corrected chi connectivity index (χ3v) is 16.9. The number of rotatable bonds is 11. The third-order valence-electron chi connectivity index (χ3n) is 16.9. The van der Waals surface area contributed by atoms with Crippen molar-refractivity contribution in [3.8, 4) is 112 Å². The van der Waals surface area contributed by atoms with Crippen molar-refractivity contribution >= 4 is 43.6 Å². The normalized spacial score (nSPS) is 11.5. The van der Waals surface area contributed by atoms with Crippen LogP contribution in [-0.2, 0) is 0 Å². The molecule has 0 N–H and O–H groups in total. The van der Waals surface area contributed by atoms with Crippen LogP contribution in [0.25, 0.3) is 156 Å². The van der Waals surface area contributed by atoms with E-state index < -0.39 is 0 Å². The Morgan fingerprint density at radius 1 is 0.198 bits per heavy atom. The minimum absolute atomic E-state index is 0.886. The lowest BCUT2D eigenvalue weighted by molar-refractivity contribution is 1.10. The second kappa shape index (κ2) is 21.4. The lowest BCUT2D eigenvalue weighted by Crippen LogP contribution is -1.99. The molecule has 0 amide bonds. The van der Waals surface area contributed by atoms with E-state index in [9.17, 15) is 0 Å². The predicted molar refractivity (Wildman–Crippen MR) is 360 cm³/mol. The largest absolute Gasteiger partial charge is 0.292 e. The van der Waals surface area contributed by atoms with Gasteiger partial charge in [-0.05, 0) is 154 Å². The molecule has 16 aromatic rings. The molecule has 0 fully saturated rings. The van der Waals surface area contributed by atoms with Gasteiger partial charge in [0.1, 0.15) is 11.6 Å². The Kier molecular flexibility index (Phi) is 12.5. The zero-order valence-corrected chi connectivity index (χ0v) is 47.0. The zero-order chi connectivity index (χ0) is 56.9. The molecular formula is C82H54N4. The SMILES string of the molecule is c1ccc(-c2cc3nc(-c4ccccc4)n(-c4ccc(-c5ccc6c(-c7ccccc7)c7cc(-n8c(-c9ccccc9)nc9cc(-c%10ccccc%10)c(-c%10ccccc%10)cc98)ccc7c(-c7ccccc7)c6c5)cc4)c3cc2-c2ccccc2)cc1. The Labute approximate surface area is 499 Å². The molecule has 4 nitrogen and oxygen atoms in total. The number of benzene rings is 14. The number of hydrogen-bond donors (Lipinski definition) is 0. The molecular weight excluding hydrogens is 1040 g/mol. The molecule has 0 unspecified atom stereocenters. The van der Waals surface area contributed by atoms with Crippen molar-refractivity contribution < 1.29 is 0 Å². The first kappa shape index (κ1) is 50.3. The maximum absolute atomic E-state index is 5.53. The van der Waals surface area contributed by atoms with Crippen LogP contribution in [0.3, 0.4) is 0 Å². The molecule has 0 atom stereocenters. The van der Waals surface area contributed by atoms with E-state index in [-0.39, 0.29) is 0 Å². The highest BCUT2D eigenvalue weighted by molar-refractivity contribution is 6.22. The van der Waals surface area contributed by atoms with Crippen LogP contribution in [0.15, 0.2) is 328 Å². The fourth-order valence-corrected chi connectivity index (χ4v) is 12.9. The number of imidazole rings is 2. The van der Waals surface area contributed by atoms with Gasteiger partial charge in [0, 0.05) is 22.5 Å². The molecule has 0 aliphatic carbocycles. The van der Waals surface area contributed by atoms with Gasteiger partial charge in [0.05, 0.1) is 22.1 Å². The van der Waals surface area contributed by atoms with Crippen molar-refractivity contribution in [2.75, 3.05) is 0 Å². The molecule has 2 heterocycles. The second-order valence-corrected chi connectivity index (χ2v) is 22.0. The number of fused-ring (bicyclic) bond motifs is 4. The molecule has 402 valence electrons. The zero-order valence-electron chi connectivity index (χ0n) is 47.0. The van der Waals surface area contributed by atoms with Crippen molar-refractivity contribution in [1.82, 2.24) is 19.1 Å². The van der Waals surface area contributed by atoms with E-state index in [0.717, 1.165) is 128 Å². The number of hydrogen-bond acceptors (Lipinski definition) is 2. The third kappa shape index (κ3) is 8.87. The van der Waals surface area contributed by atoms with Crippen LogP contribution >= 0.6 is 0 Å². The van der Waals surface area contributed by atoms with E-state index in [1.165, 1.54) is 27.3 Å². The monoisotopic (exact) mass is 1090 g/mol. The van der Waals surface area contributed by atoms with Crippen LogP contribution in [0, 0.1) is 0 Å². The lowest BCUT2D eigenvalue weighted by Gasteiger charge is -2.20. The van der Waals surface area contributed by atoms with Gasteiger partial charge in [-0.15, -0.1) is 0 Å². The molecule has 0 aliphatic heterocycles. The van der Waals surface area contributed by atoms with Gasteiger partial charge in [0.2, 0.25) is 0 Å². The maximum atomic E-state index is 5.53. The van der Waals surface area contributed by atoms with E-state index >= 15 is 0 Å². The maximum Gasteiger partial charge on any atom is 0.145 e. The van der Waals surface area contributed by atoms with Gasteiger partial charge in [-0.3, -0.25) is 9.13 Å². The smallest absolute Gasteiger partial charge is 0.145 e. The minimum atomic E-state index is 0.886. The number of aromatic nitrogens is 4. The van der Waals surface area contributed by atoms with Crippen molar-refractivity contribution in [3.05, 3.63) is 328 Å². The summed E-state index contributed by atoms with van der Waals surface area (Å²) in [6.07, 6.45) is 0. The first-order valence-corrected chi connectivity index (χ1v) is 29.4. The van der Waals surface area contributed by atoms with Crippen molar-refractivity contribution in [3.63, 3.8) is 0 Å². The van der Waals surface area contributed by atoms with Crippen LogP contribution in [0.1, 0.15) is 0 Å². The van der Waals surface area contributed by atoms with Gasteiger partial charge in [-0.1, -0.05) is 273 Å². The molecule has 0 spiro atoms. The average molecular weight is 1100 g/mol. The number of nitrogens with zero attached hydrogens (tertiary/aromatic N) is 4. The van der Waals surface area contributed by atoms with Crippen LogP contribution in [-0.4, -0.2) is 19.1 Å². The summed E-state index contributed by atoms with van der Waals surface area (Å²) in [7, 11) is 0. The van der Waals surface area contributed by atoms with E-state index in [1.807, 2.05) is 0 Å². The Morgan fingerprint density at radius 3 is 0.895 bits per heavy atom. The summed E-state index contributed by atoms with van der Waals surface area (Å²) in [4.78, 5) is 11.0. The Hall–Kier alpha value is -11.5. The quantitative estimate of drug-likeness (QED) is 0.121.